The molecule has 0 aliphatic heterocycles. The van der Waals surface area contributed by atoms with E-state index in [-0.39, 0.29) is 12.6 Å². The summed E-state index contributed by atoms with van der Waals surface area (Å²) in [6.45, 7) is 0.0721. The van der Waals surface area contributed by atoms with E-state index >= 15 is 0 Å². The van der Waals surface area contributed by atoms with Gasteiger partial charge in [0.25, 0.3) is 0 Å². The van der Waals surface area contributed by atoms with Gasteiger partial charge < -0.3 is 14.8 Å². The van der Waals surface area contributed by atoms with Crippen LogP contribution in [-0.2, 0) is 0 Å². The smallest absolute Gasteiger partial charge is 0.203 e. The maximum absolute atomic E-state index is 9.18. The van der Waals surface area contributed by atoms with E-state index in [4.69, 9.17) is 4.42 Å². The topological polar surface area (TPSA) is 71.2 Å². The molecule has 0 aliphatic carbocycles. The van der Waals surface area contributed by atoms with Crippen LogP contribution in [0, 0.1) is 0 Å². The molecule has 0 saturated heterocycles. The fraction of sp³-hybridized carbons (Fsp3) is 0.200. The van der Waals surface area contributed by atoms with E-state index < -0.39 is 0 Å². The number of nitrogens with zero attached hydrogens (tertiary/aromatic N) is 2. The molecule has 0 amide bonds. The zero-order valence-corrected chi connectivity index (χ0v) is 12.1. The van der Waals surface area contributed by atoms with Crippen LogP contribution in [0.1, 0.15) is 18.2 Å². The van der Waals surface area contributed by atoms with E-state index in [1.807, 2.05) is 42.5 Å². The molecule has 108 valence electrons. The maximum Gasteiger partial charge on any atom is 0.203 e. The highest BCUT2D eigenvalue weighted by Gasteiger charge is 2.16. The van der Waals surface area contributed by atoms with Crippen molar-refractivity contribution in [3.63, 3.8) is 0 Å². The molecule has 3 rings (SSSR count). The van der Waals surface area contributed by atoms with Gasteiger partial charge in [-0.05, 0) is 18.6 Å². The summed E-state index contributed by atoms with van der Waals surface area (Å²) >= 11 is 1.30. The first-order valence-electron chi connectivity index (χ1n) is 6.67. The lowest BCUT2D eigenvalue weighted by molar-refractivity contribution is 0.273. The Bertz CT molecular complexity index is 667. The predicted octanol–water partition coefficient (Wildman–Crippen LogP) is 3.33. The zero-order chi connectivity index (χ0) is 14.5. The Kier molecular flexibility index (Phi) is 4.28. The molecule has 1 unspecified atom stereocenters. The lowest BCUT2D eigenvalue weighted by atomic mass is 10.1. The van der Waals surface area contributed by atoms with Crippen molar-refractivity contribution in [1.82, 2.24) is 9.36 Å². The van der Waals surface area contributed by atoms with Gasteiger partial charge in [-0.25, -0.2) is 0 Å². The third-order valence-corrected chi connectivity index (χ3v) is 3.71. The highest BCUT2D eigenvalue weighted by Crippen LogP contribution is 2.26. The Morgan fingerprint density at radius 2 is 2.05 bits per heavy atom. The SMILES string of the molecule is OCCC(Nc1nc(-c2ccccc2)ns1)c1ccco1. The molecule has 1 aromatic carbocycles. The molecule has 0 spiro atoms. The number of aromatic nitrogens is 2. The van der Waals surface area contributed by atoms with Crippen molar-refractivity contribution in [3.05, 3.63) is 54.5 Å². The van der Waals surface area contributed by atoms with Gasteiger partial charge in [0.1, 0.15) is 5.76 Å². The van der Waals surface area contributed by atoms with Crippen LogP contribution in [0.4, 0.5) is 5.13 Å². The Hall–Kier alpha value is -2.18. The summed E-state index contributed by atoms with van der Waals surface area (Å²) in [6.07, 6.45) is 2.17. The first-order chi connectivity index (χ1) is 10.4. The van der Waals surface area contributed by atoms with Gasteiger partial charge in [-0.15, -0.1) is 0 Å². The number of furan rings is 1. The summed E-state index contributed by atoms with van der Waals surface area (Å²) in [4.78, 5) is 4.49. The van der Waals surface area contributed by atoms with Crippen molar-refractivity contribution in [2.24, 2.45) is 0 Å². The van der Waals surface area contributed by atoms with Gasteiger partial charge in [0.2, 0.25) is 5.13 Å². The van der Waals surface area contributed by atoms with Crippen molar-refractivity contribution in [2.45, 2.75) is 12.5 Å². The quantitative estimate of drug-likeness (QED) is 0.730. The summed E-state index contributed by atoms with van der Waals surface area (Å²) in [6, 6.07) is 13.4. The summed E-state index contributed by atoms with van der Waals surface area (Å²) in [5.41, 5.74) is 0.985. The van der Waals surface area contributed by atoms with Gasteiger partial charge in [-0.1, -0.05) is 30.3 Å². The molecule has 0 aliphatic rings. The summed E-state index contributed by atoms with van der Waals surface area (Å²) in [5.74, 6) is 1.48. The average molecular weight is 301 g/mol. The number of rotatable bonds is 6. The normalized spacial score (nSPS) is 12.2. The minimum absolute atomic E-state index is 0.0721. The first kappa shape index (κ1) is 13.8. The van der Waals surface area contributed by atoms with E-state index in [0.717, 1.165) is 11.3 Å². The van der Waals surface area contributed by atoms with Crippen LogP contribution < -0.4 is 5.32 Å². The summed E-state index contributed by atoms with van der Waals surface area (Å²) in [7, 11) is 0. The van der Waals surface area contributed by atoms with Gasteiger partial charge in [0, 0.05) is 23.7 Å². The van der Waals surface area contributed by atoms with E-state index in [1.165, 1.54) is 11.5 Å². The van der Waals surface area contributed by atoms with Crippen LogP contribution in [0.15, 0.2) is 53.1 Å². The van der Waals surface area contributed by atoms with Gasteiger partial charge in [-0.2, -0.15) is 9.36 Å². The third kappa shape index (κ3) is 3.29. The van der Waals surface area contributed by atoms with Crippen LogP contribution in [0.2, 0.25) is 0 Å². The minimum atomic E-state index is -0.110. The van der Waals surface area contributed by atoms with E-state index in [1.54, 1.807) is 6.26 Å². The number of anilines is 1. The van der Waals surface area contributed by atoms with Crippen molar-refractivity contribution < 1.29 is 9.52 Å². The molecule has 2 N–H and O–H groups in total. The monoisotopic (exact) mass is 301 g/mol. The van der Waals surface area contributed by atoms with Gasteiger partial charge in [0.05, 0.1) is 12.3 Å². The number of aliphatic hydroxyl groups excluding tert-OH is 1. The lowest BCUT2D eigenvalue weighted by Gasteiger charge is -2.13. The maximum atomic E-state index is 9.18. The largest absolute Gasteiger partial charge is 0.467 e. The van der Waals surface area contributed by atoms with Crippen molar-refractivity contribution in [3.8, 4) is 11.4 Å². The number of nitrogens with one attached hydrogen (secondary N) is 1. The molecule has 0 saturated carbocycles. The van der Waals surface area contributed by atoms with Crippen LogP contribution in [0.25, 0.3) is 11.4 Å². The molecule has 21 heavy (non-hydrogen) atoms. The van der Waals surface area contributed by atoms with Gasteiger partial charge in [-0.3, -0.25) is 0 Å². The second kappa shape index (κ2) is 6.51. The highest BCUT2D eigenvalue weighted by atomic mass is 32.1. The second-order valence-electron chi connectivity index (χ2n) is 4.51. The first-order valence-corrected chi connectivity index (χ1v) is 7.44. The molecular weight excluding hydrogens is 286 g/mol. The molecule has 0 fully saturated rings. The molecular formula is C15H15N3O2S. The van der Waals surface area contributed by atoms with Gasteiger partial charge >= 0.3 is 0 Å². The standard InChI is InChI=1S/C15H15N3O2S/c19-9-8-12(13-7-4-10-20-13)16-15-17-14(18-21-15)11-5-2-1-3-6-11/h1-7,10,12,19H,8-9H2,(H,16,17,18). The number of aliphatic hydroxyl groups is 1. The predicted molar refractivity (Wildman–Crippen MR) is 82.1 cm³/mol. The van der Waals surface area contributed by atoms with Gasteiger partial charge in [0.15, 0.2) is 5.82 Å². The molecule has 0 radical (unpaired) electrons. The molecule has 3 aromatic rings. The molecule has 5 nitrogen and oxygen atoms in total. The Labute approximate surface area is 126 Å². The van der Waals surface area contributed by atoms with Crippen LogP contribution in [-0.4, -0.2) is 21.1 Å². The number of hydrogen-bond acceptors (Lipinski definition) is 6. The van der Waals surface area contributed by atoms with Crippen molar-refractivity contribution in [1.29, 1.82) is 0 Å². The van der Waals surface area contributed by atoms with E-state index in [9.17, 15) is 5.11 Å². The zero-order valence-electron chi connectivity index (χ0n) is 11.3. The van der Waals surface area contributed by atoms with Crippen LogP contribution in [0.5, 0.6) is 0 Å². The Morgan fingerprint density at radius 1 is 1.19 bits per heavy atom. The summed E-state index contributed by atoms with van der Waals surface area (Å²) in [5, 5.41) is 13.2. The van der Waals surface area contributed by atoms with Crippen LogP contribution >= 0.6 is 11.5 Å². The molecule has 6 heteroatoms. The highest BCUT2D eigenvalue weighted by molar-refractivity contribution is 7.09. The molecule has 2 aromatic heterocycles. The Balaban J connectivity index is 1.77. The minimum Gasteiger partial charge on any atom is -0.467 e. The fourth-order valence-electron chi connectivity index (χ4n) is 2.04. The average Bonchev–Trinajstić information content (AvgIpc) is 3.19. The molecule has 0 bridgehead atoms. The lowest BCUT2D eigenvalue weighted by Crippen LogP contribution is -2.11. The second-order valence-corrected chi connectivity index (χ2v) is 5.27. The van der Waals surface area contributed by atoms with Crippen molar-refractivity contribution in [2.75, 3.05) is 11.9 Å². The fourth-order valence-corrected chi connectivity index (χ4v) is 2.68. The third-order valence-electron chi connectivity index (χ3n) is 3.06. The van der Waals surface area contributed by atoms with E-state index in [2.05, 4.69) is 14.7 Å². The Morgan fingerprint density at radius 3 is 2.76 bits per heavy atom. The number of benzene rings is 1. The molecule has 1 atom stereocenters. The summed E-state index contributed by atoms with van der Waals surface area (Å²) < 4.78 is 9.75. The molecule has 2 heterocycles. The van der Waals surface area contributed by atoms with Crippen molar-refractivity contribution >= 4 is 16.7 Å². The van der Waals surface area contributed by atoms with Crippen LogP contribution in [0.3, 0.4) is 0 Å². The van der Waals surface area contributed by atoms with E-state index in [0.29, 0.717) is 17.4 Å². The number of hydrogen-bond donors (Lipinski definition) is 2.